The second-order valence-electron chi connectivity index (χ2n) is 4.87. The molecular weight excluding hydrogens is 277 g/mol. The Morgan fingerprint density at radius 3 is 2.90 bits per heavy atom. The largest absolute Gasteiger partial charge is 0.379 e. The maximum absolute atomic E-state index is 13.1. The topological polar surface area (TPSA) is 90.3 Å². The highest BCUT2D eigenvalue weighted by Crippen LogP contribution is 2.19. The average Bonchev–Trinajstić information content (AvgIpc) is 2.98. The Morgan fingerprint density at radius 2 is 2.14 bits per heavy atom. The smallest absolute Gasteiger partial charge is 0.259 e. The third-order valence-electron chi connectivity index (χ3n) is 3.28. The van der Waals surface area contributed by atoms with Gasteiger partial charge >= 0.3 is 0 Å². The predicted molar refractivity (Wildman–Crippen MR) is 71.7 cm³/mol. The van der Waals surface area contributed by atoms with Crippen molar-refractivity contribution in [3.63, 3.8) is 0 Å². The number of hydrogen-bond donors (Lipinski definition) is 1. The Balaban J connectivity index is 1.69. The van der Waals surface area contributed by atoms with Gasteiger partial charge in [-0.1, -0.05) is 5.16 Å². The predicted octanol–water partition coefficient (Wildman–Crippen LogP) is 0.603. The second kappa shape index (κ2) is 6.25. The lowest BCUT2D eigenvalue weighted by Crippen LogP contribution is -2.40. The molecule has 8 heteroatoms. The van der Waals surface area contributed by atoms with Gasteiger partial charge in [0.25, 0.3) is 5.89 Å². The minimum Gasteiger partial charge on any atom is -0.379 e. The lowest BCUT2D eigenvalue weighted by atomic mass is 10.2. The van der Waals surface area contributed by atoms with E-state index in [1.165, 1.54) is 12.3 Å². The Kier molecular flexibility index (Phi) is 4.18. The summed E-state index contributed by atoms with van der Waals surface area (Å²) in [5.74, 6) is 0.167. The summed E-state index contributed by atoms with van der Waals surface area (Å²) >= 11 is 0. The van der Waals surface area contributed by atoms with Crippen molar-refractivity contribution in [2.75, 3.05) is 32.8 Å². The van der Waals surface area contributed by atoms with Crippen LogP contribution in [0, 0.1) is 5.82 Å². The van der Waals surface area contributed by atoms with E-state index in [0.717, 1.165) is 19.3 Å². The van der Waals surface area contributed by atoms with Crippen molar-refractivity contribution in [2.24, 2.45) is 5.73 Å². The molecule has 1 unspecified atom stereocenters. The van der Waals surface area contributed by atoms with Gasteiger partial charge in [0.2, 0.25) is 0 Å². The first-order valence-corrected chi connectivity index (χ1v) is 6.72. The van der Waals surface area contributed by atoms with Crippen LogP contribution in [0.25, 0.3) is 11.5 Å². The molecule has 2 aromatic heterocycles. The van der Waals surface area contributed by atoms with Gasteiger partial charge in [-0.2, -0.15) is 4.98 Å². The van der Waals surface area contributed by atoms with Crippen molar-refractivity contribution in [1.29, 1.82) is 0 Å². The second-order valence-corrected chi connectivity index (χ2v) is 4.87. The van der Waals surface area contributed by atoms with Crippen LogP contribution in [0.4, 0.5) is 4.39 Å². The molecule has 1 fully saturated rings. The molecule has 1 aliphatic rings. The van der Waals surface area contributed by atoms with Gasteiger partial charge in [0.15, 0.2) is 5.82 Å². The highest BCUT2D eigenvalue weighted by Gasteiger charge is 2.20. The zero-order chi connectivity index (χ0) is 14.7. The van der Waals surface area contributed by atoms with Crippen molar-refractivity contribution >= 4 is 0 Å². The fraction of sp³-hybridized carbons (Fsp3) is 0.462. The van der Waals surface area contributed by atoms with E-state index < -0.39 is 5.82 Å². The number of aromatic nitrogens is 3. The molecule has 1 atom stereocenters. The van der Waals surface area contributed by atoms with Gasteiger partial charge in [0.05, 0.1) is 31.0 Å². The van der Waals surface area contributed by atoms with Gasteiger partial charge in [0.1, 0.15) is 5.82 Å². The summed E-state index contributed by atoms with van der Waals surface area (Å²) in [7, 11) is 0. The van der Waals surface area contributed by atoms with Crippen molar-refractivity contribution in [2.45, 2.75) is 6.04 Å². The number of nitrogens with two attached hydrogens (primary N) is 1. The fourth-order valence-electron chi connectivity index (χ4n) is 2.18. The monoisotopic (exact) mass is 293 g/mol. The van der Waals surface area contributed by atoms with Crippen LogP contribution < -0.4 is 5.73 Å². The first kappa shape index (κ1) is 14.1. The molecule has 3 rings (SSSR count). The van der Waals surface area contributed by atoms with Crippen LogP contribution in [-0.2, 0) is 4.74 Å². The molecule has 7 nitrogen and oxygen atoms in total. The minimum absolute atomic E-state index is 0.217. The zero-order valence-corrected chi connectivity index (χ0v) is 11.4. The van der Waals surface area contributed by atoms with E-state index in [9.17, 15) is 4.39 Å². The molecule has 3 heterocycles. The summed E-state index contributed by atoms with van der Waals surface area (Å²) in [4.78, 5) is 10.2. The van der Waals surface area contributed by atoms with E-state index in [2.05, 4.69) is 20.0 Å². The van der Waals surface area contributed by atoms with Crippen LogP contribution in [-0.4, -0.2) is 52.9 Å². The first-order valence-electron chi connectivity index (χ1n) is 6.72. The molecule has 2 N–H and O–H groups in total. The van der Waals surface area contributed by atoms with Crippen LogP contribution in [0.15, 0.2) is 23.0 Å². The quantitative estimate of drug-likeness (QED) is 0.882. The van der Waals surface area contributed by atoms with Crippen molar-refractivity contribution in [1.82, 2.24) is 20.0 Å². The van der Waals surface area contributed by atoms with Gasteiger partial charge < -0.3 is 15.0 Å². The number of halogens is 1. The molecule has 21 heavy (non-hydrogen) atoms. The van der Waals surface area contributed by atoms with Gasteiger partial charge in [-0.15, -0.1) is 0 Å². The molecule has 1 saturated heterocycles. The van der Waals surface area contributed by atoms with E-state index in [1.807, 2.05) is 0 Å². The number of morpholine rings is 1. The fourth-order valence-corrected chi connectivity index (χ4v) is 2.18. The average molecular weight is 293 g/mol. The van der Waals surface area contributed by atoms with Crippen molar-refractivity contribution < 1.29 is 13.7 Å². The molecule has 0 aromatic carbocycles. The van der Waals surface area contributed by atoms with Crippen LogP contribution in [0.3, 0.4) is 0 Å². The highest BCUT2D eigenvalue weighted by atomic mass is 19.1. The SMILES string of the molecule is NC(CN1CCOCC1)c1noc(-c2cncc(F)c2)n1. The Bertz CT molecular complexity index is 600. The number of rotatable bonds is 4. The third-order valence-corrected chi connectivity index (χ3v) is 3.28. The molecule has 0 spiro atoms. The van der Waals surface area contributed by atoms with Crippen LogP contribution in [0.5, 0.6) is 0 Å². The molecule has 0 saturated carbocycles. The van der Waals surface area contributed by atoms with E-state index >= 15 is 0 Å². The standard InChI is InChI=1S/C13H16FN5O2/c14-10-5-9(6-16-7-10)13-17-12(18-21-13)11(15)8-19-1-3-20-4-2-19/h5-7,11H,1-4,8,15H2. The molecule has 0 radical (unpaired) electrons. The Hall–Kier alpha value is -1.90. The van der Waals surface area contributed by atoms with Gasteiger partial charge in [-0.05, 0) is 6.07 Å². The van der Waals surface area contributed by atoms with Gasteiger partial charge in [-0.3, -0.25) is 9.88 Å². The lowest BCUT2D eigenvalue weighted by Gasteiger charge is -2.27. The summed E-state index contributed by atoms with van der Waals surface area (Å²) in [6.45, 7) is 3.72. The zero-order valence-electron chi connectivity index (χ0n) is 11.4. The summed E-state index contributed by atoms with van der Waals surface area (Å²) in [5.41, 5.74) is 6.53. The molecular formula is C13H16FN5O2. The molecule has 0 aliphatic carbocycles. The number of ether oxygens (including phenoxy) is 1. The number of pyridine rings is 1. The van der Waals surface area contributed by atoms with Crippen LogP contribution in [0.2, 0.25) is 0 Å². The summed E-state index contributed by atoms with van der Waals surface area (Å²) < 4.78 is 23.5. The summed E-state index contributed by atoms with van der Waals surface area (Å²) in [6.07, 6.45) is 2.58. The normalized spacial score (nSPS) is 17.8. The first-order chi connectivity index (χ1) is 10.2. The van der Waals surface area contributed by atoms with Crippen molar-refractivity contribution in [3.05, 3.63) is 30.1 Å². The molecule has 0 bridgehead atoms. The highest BCUT2D eigenvalue weighted by molar-refractivity contribution is 5.50. The number of hydrogen-bond acceptors (Lipinski definition) is 7. The maximum Gasteiger partial charge on any atom is 0.259 e. The van der Waals surface area contributed by atoms with Crippen LogP contribution in [0.1, 0.15) is 11.9 Å². The van der Waals surface area contributed by atoms with E-state index in [4.69, 9.17) is 15.0 Å². The summed E-state index contributed by atoms with van der Waals surface area (Å²) in [5, 5.41) is 3.87. The molecule has 1 aliphatic heterocycles. The maximum atomic E-state index is 13.1. The van der Waals surface area contributed by atoms with Gasteiger partial charge in [0, 0.05) is 25.8 Å². The Morgan fingerprint density at radius 1 is 1.33 bits per heavy atom. The Labute approximate surface area is 120 Å². The lowest BCUT2D eigenvalue weighted by molar-refractivity contribution is 0.0348. The van der Waals surface area contributed by atoms with E-state index in [-0.39, 0.29) is 11.9 Å². The third kappa shape index (κ3) is 3.41. The molecule has 112 valence electrons. The van der Waals surface area contributed by atoms with Crippen LogP contribution >= 0.6 is 0 Å². The molecule has 0 amide bonds. The molecule has 2 aromatic rings. The van der Waals surface area contributed by atoms with Gasteiger partial charge in [-0.25, -0.2) is 4.39 Å². The minimum atomic E-state index is -0.454. The van der Waals surface area contributed by atoms with E-state index in [1.54, 1.807) is 0 Å². The summed E-state index contributed by atoms with van der Waals surface area (Å²) in [6, 6.07) is 0.930. The number of nitrogens with zero attached hydrogens (tertiary/aromatic N) is 4. The van der Waals surface area contributed by atoms with Crippen molar-refractivity contribution in [3.8, 4) is 11.5 Å². The van der Waals surface area contributed by atoms with E-state index in [0.29, 0.717) is 31.1 Å².